The zero-order valence-corrected chi connectivity index (χ0v) is 13.0. The molecule has 2 aromatic rings. The van der Waals surface area contributed by atoms with Crippen molar-refractivity contribution in [3.05, 3.63) is 46.8 Å². The molecule has 6 heteroatoms. The largest absolute Gasteiger partial charge is 0.452 e. The van der Waals surface area contributed by atoms with E-state index in [0.29, 0.717) is 9.56 Å². The van der Waals surface area contributed by atoms with Gasteiger partial charge in [0.15, 0.2) is 14.5 Å². The van der Waals surface area contributed by atoms with E-state index >= 15 is 0 Å². The maximum atomic E-state index is 11.5. The van der Waals surface area contributed by atoms with Crippen LogP contribution in [0.25, 0.3) is 0 Å². The molecular weight excluding hydrogens is 330 g/mol. The van der Waals surface area contributed by atoms with Gasteiger partial charge in [-0.25, -0.2) is 8.42 Å². The summed E-state index contributed by atoms with van der Waals surface area (Å²) in [5, 5.41) is 3.20. The lowest BCUT2D eigenvalue weighted by Crippen LogP contribution is -2.06. The van der Waals surface area contributed by atoms with Crippen molar-refractivity contribution in [2.45, 2.75) is 17.9 Å². The Morgan fingerprint density at radius 1 is 1.26 bits per heavy atom. The van der Waals surface area contributed by atoms with Gasteiger partial charge in [-0.1, -0.05) is 6.07 Å². The van der Waals surface area contributed by atoms with Gasteiger partial charge in [-0.15, -0.1) is 0 Å². The molecule has 1 heterocycles. The third-order valence-electron chi connectivity index (χ3n) is 2.67. The Kier molecular flexibility index (Phi) is 4.01. The number of hydrogen-bond donors (Lipinski definition) is 1. The number of sulfone groups is 1. The topological polar surface area (TPSA) is 59.3 Å². The van der Waals surface area contributed by atoms with E-state index in [-0.39, 0.29) is 6.04 Å². The third kappa shape index (κ3) is 3.61. The van der Waals surface area contributed by atoms with Crippen LogP contribution >= 0.6 is 15.9 Å². The van der Waals surface area contributed by atoms with Crippen LogP contribution in [0.15, 0.2) is 50.4 Å². The van der Waals surface area contributed by atoms with Crippen molar-refractivity contribution in [1.82, 2.24) is 0 Å². The number of halogens is 1. The predicted molar refractivity (Wildman–Crippen MR) is 78.0 cm³/mol. The second-order valence-electron chi connectivity index (χ2n) is 4.31. The first-order valence-corrected chi connectivity index (χ1v) is 8.36. The lowest BCUT2D eigenvalue weighted by molar-refractivity contribution is 0.471. The molecule has 1 aromatic heterocycles. The summed E-state index contributed by atoms with van der Waals surface area (Å²) >= 11 is 3.25. The van der Waals surface area contributed by atoms with Crippen LogP contribution in [0.5, 0.6) is 0 Å². The fourth-order valence-electron chi connectivity index (χ4n) is 1.70. The summed E-state index contributed by atoms with van der Waals surface area (Å²) < 4.78 is 29.1. The maximum absolute atomic E-state index is 11.5. The standard InChI is InChI=1S/C13H14BrNO3S/c1-9(12-6-7-13(14)18-12)15-10-4-3-5-11(8-10)19(2,16)17/h3-9,15H,1-2H3. The summed E-state index contributed by atoms with van der Waals surface area (Å²) in [6.45, 7) is 1.94. The number of nitrogens with one attached hydrogen (secondary N) is 1. The van der Waals surface area contributed by atoms with Crippen LogP contribution in [0.4, 0.5) is 5.69 Å². The molecule has 1 unspecified atom stereocenters. The van der Waals surface area contributed by atoms with E-state index in [1.54, 1.807) is 18.2 Å². The first-order chi connectivity index (χ1) is 8.86. The third-order valence-corrected chi connectivity index (χ3v) is 4.20. The van der Waals surface area contributed by atoms with Crippen LogP contribution in [0.2, 0.25) is 0 Å². The predicted octanol–water partition coefficient (Wildman–Crippen LogP) is 3.62. The molecule has 0 fully saturated rings. The molecular formula is C13H14BrNO3S. The van der Waals surface area contributed by atoms with E-state index in [1.165, 1.54) is 6.26 Å². The fraction of sp³-hybridized carbons (Fsp3) is 0.231. The highest BCUT2D eigenvalue weighted by Gasteiger charge is 2.12. The van der Waals surface area contributed by atoms with Gasteiger partial charge in [-0.3, -0.25) is 0 Å². The molecule has 1 atom stereocenters. The van der Waals surface area contributed by atoms with Gasteiger partial charge in [0, 0.05) is 11.9 Å². The minimum atomic E-state index is -3.19. The molecule has 0 aliphatic rings. The van der Waals surface area contributed by atoms with Crippen molar-refractivity contribution < 1.29 is 12.8 Å². The average Bonchev–Trinajstić information content (AvgIpc) is 2.75. The van der Waals surface area contributed by atoms with Crippen molar-refractivity contribution in [3.8, 4) is 0 Å². The Morgan fingerprint density at radius 2 is 2.00 bits per heavy atom. The van der Waals surface area contributed by atoms with E-state index in [1.807, 2.05) is 25.1 Å². The molecule has 0 aliphatic heterocycles. The molecule has 4 nitrogen and oxygen atoms in total. The lowest BCUT2D eigenvalue weighted by atomic mass is 10.2. The van der Waals surface area contributed by atoms with Gasteiger partial charge in [-0.2, -0.15) is 0 Å². The molecule has 1 aromatic carbocycles. The number of anilines is 1. The summed E-state index contributed by atoms with van der Waals surface area (Å²) in [6, 6.07) is 10.4. The molecule has 0 saturated heterocycles. The summed E-state index contributed by atoms with van der Waals surface area (Å²) in [6.07, 6.45) is 1.19. The SMILES string of the molecule is CC(Nc1cccc(S(C)(=O)=O)c1)c1ccc(Br)o1. The Labute approximate surface area is 120 Å². The highest BCUT2D eigenvalue weighted by Crippen LogP contribution is 2.24. The van der Waals surface area contributed by atoms with Crippen molar-refractivity contribution >= 4 is 31.5 Å². The van der Waals surface area contributed by atoms with Gasteiger partial charge >= 0.3 is 0 Å². The average molecular weight is 344 g/mol. The van der Waals surface area contributed by atoms with Gasteiger partial charge < -0.3 is 9.73 Å². The minimum absolute atomic E-state index is 0.0545. The zero-order valence-electron chi connectivity index (χ0n) is 10.6. The van der Waals surface area contributed by atoms with Crippen molar-refractivity contribution in [3.63, 3.8) is 0 Å². The fourth-order valence-corrected chi connectivity index (χ4v) is 2.68. The lowest BCUT2D eigenvalue weighted by Gasteiger charge is -2.13. The molecule has 0 bridgehead atoms. The monoisotopic (exact) mass is 343 g/mol. The highest BCUT2D eigenvalue weighted by atomic mass is 79.9. The summed E-state index contributed by atoms with van der Waals surface area (Å²) in [5.41, 5.74) is 0.739. The summed E-state index contributed by atoms with van der Waals surface area (Å²) in [5.74, 6) is 0.775. The van der Waals surface area contributed by atoms with Gasteiger partial charge in [0.1, 0.15) is 5.76 Å². The van der Waals surface area contributed by atoms with Gasteiger partial charge in [0.05, 0.1) is 10.9 Å². The van der Waals surface area contributed by atoms with Gasteiger partial charge in [0.2, 0.25) is 0 Å². The Hall–Kier alpha value is -1.27. The molecule has 1 N–H and O–H groups in total. The van der Waals surface area contributed by atoms with Crippen LogP contribution in [0.3, 0.4) is 0 Å². The summed E-state index contributed by atoms with van der Waals surface area (Å²) in [4.78, 5) is 0.297. The normalized spacial score (nSPS) is 13.2. The van der Waals surface area contributed by atoms with Crippen LogP contribution in [-0.4, -0.2) is 14.7 Å². The van der Waals surface area contributed by atoms with Crippen molar-refractivity contribution in [2.24, 2.45) is 0 Å². The van der Waals surface area contributed by atoms with E-state index in [9.17, 15) is 8.42 Å². The Morgan fingerprint density at radius 3 is 2.58 bits per heavy atom. The van der Waals surface area contributed by atoms with Crippen molar-refractivity contribution in [2.75, 3.05) is 11.6 Å². The number of furan rings is 1. The van der Waals surface area contributed by atoms with E-state index in [0.717, 1.165) is 11.4 Å². The number of hydrogen-bond acceptors (Lipinski definition) is 4. The van der Waals surface area contributed by atoms with Crippen LogP contribution in [-0.2, 0) is 9.84 Å². The smallest absolute Gasteiger partial charge is 0.175 e. The quantitative estimate of drug-likeness (QED) is 0.920. The maximum Gasteiger partial charge on any atom is 0.175 e. The molecule has 0 saturated carbocycles. The second-order valence-corrected chi connectivity index (χ2v) is 7.11. The van der Waals surface area contributed by atoms with Crippen LogP contribution in [0, 0.1) is 0 Å². The first-order valence-electron chi connectivity index (χ1n) is 5.68. The Balaban J connectivity index is 2.20. The molecule has 0 aliphatic carbocycles. The molecule has 0 spiro atoms. The van der Waals surface area contributed by atoms with E-state index in [4.69, 9.17) is 4.42 Å². The Bertz CT molecular complexity index is 679. The molecule has 19 heavy (non-hydrogen) atoms. The second kappa shape index (κ2) is 5.38. The summed E-state index contributed by atoms with van der Waals surface area (Å²) in [7, 11) is -3.19. The molecule has 0 radical (unpaired) electrons. The number of benzene rings is 1. The van der Waals surface area contributed by atoms with E-state index in [2.05, 4.69) is 21.2 Å². The van der Waals surface area contributed by atoms with Crippen LogP contribution in [0.1, 0.15) is 18.7 Å². The number of rotatable bonds is 4. The first kappa shape index (κ1) is 14.1. The van der Waals surface area contributed by atoms with Gasteiger partial charge in [-0.05, 0) is 53.2 Å². The molecule has 102 valence electrons. The van der Waals surface area contributed by atoms with Crippen molar-refractivity contribution in [1.29, 1.82) is 0 Å². The molecule has 2 rings (SSSR count). The minimum Gasteiger partial charge on any atom is -0.452 e. The molecule has 0 amide bonds. The highest BCUT2D eigenvalue weighted by molar-refractivity contribution is 9.10. The van der Waals surface area contributed by atoms with Crippen LogP contribution < -0.4 is 5.32 Å². The van der Waals surface area contributed by atoms with E-state index < -0.39 is 9.84 Å². The van der Waals surface area contributed by atoms with Gasteiger partial charge in [0.25, 0.3) is 0 Å². The zero-order chi connectivity index (χ0) is 14.0.